The quantitative estimate of drug-likeness (QED) is 0.330. The Hall–Kier alpha value is -3.67. The number of aliphatic hydroxyl groups is 1. The lowest BCUT2D eigenvalue weighted by Gasteiger charge is -2.12. The van der Waals surface area contributed by atoms with Crippen molar-refractivity contribution >= 4 is 40.0 Å². The van der Waals surface area contributed by atoms with E-state index in [2.05, 4.69) is 21.7 Å². The fourth-order valence-electron chi connectivity index (χ4n) is 3.92. The molecule has 9 heteroatoms. The van der Waals surface area contributed by atoms with Gasteiger partial charge in [-0.3, -0.25) is 9.20 Å². The first-order chi connectivity index (χ1) is 16.6. The van der Waals surface area contributed by atoms with Crippen molar-refractivity contribution in [2.75, 3.05) is 18.5 Å². The second-order valence-corrected chi connectivity index (χ2v) is 8.79. The zero-order valence-corrected chi connectivity index (χ0v) is 19.1. The molecule has 0 unspecified atom stereocenters. The van der Waals surface area contributed by atoms with E-state index in [1.54, 1.807) is 30.5 Å². The Balaban J connectivity index is 1.60. The zero-order chi connectivity index (χ0) is 23.7. The van der Waals surface area contributed by atoms with E-state index < -0.39 is 0 Å². The molecule has 1 aliphatic carbocycles. The molecule has 1 fully saturated rings. The summed E-state index contributed by atoms with van der Waals surface area (Å²) in [5, 5.41) is 25.1. The SMILES string of the molecule is N#Cc1ccc2c(c1)nc(NCCCCO)c1ncc(-c3ccc(C(=O)NC4CC4)c(Cl)c3)n12. The Morgan fingerprint density at radius 1 is 1.24 bits per heavy atom. The Morgan fingerprint density at radius 2 is 2.09 bits per heavy atom. The van der Waals surface area contributed by atoms with Gasteiger partial charge in [-0.1, -0.05) is 17.7 Å². The first-order valence-corrected chi connectivity index (χ1v) is 11.6. The predicted molar refractivity (Wildman–Crippen MR) is 131 cm³/mol. The van der Waals surface area contributed by atoms with Crippen molar-refractivity contribution in [1.82, 2.24) is 19.7 Å². The van der Waals surface area contributed by atoms with E-state index in [0.29, 0.717) is 46.1 Å². The number of benzene rings is 2. The van der Waals surface area contributed by atoms with Crippen molar-refractivity contribution in [2.45, 2.75) is 31.7 Å². The molecule has 172 valence electrons. The number of carbonyl (C=O) groups is 1. The average molecular weight is 475 g/mol. The number of amides is 1. The minimum atomic E-state index is -0.162. The molecule has 0 saturated heterocycles. The van der Waals surface area contributed by atoms with Crippen molar-refractivity contribution in [3.63, 3.8) is 0 Å². The molecule has 34 heavy (non-hydrogen) atoms. The summed E-state index contributed by atoms with van der Waals surface area (Å²) >= 11 is 6.51. The van der Waals surface area contributed by atoms with Crippen LogP contribution in [0.25, 0.3) is 27.9 Å². The van der Waals surface area contributed by atoms with Gasteiger partial charge in [-0.15, -0.1) is 0 Å². The lowest BCUT2D eigenvalue weighted by molar-refractivity contribution is 0.0951. The van der Waals surface area contributed by atoms with Crippen LogP contribution in [-0.4, -0.2) is 44.6 Å². The molecule has 0 spiro atoms. The molecule has 8 nitrogen and oxygen atoms in total. The number of imidazole rings is 1. The Kier molecular flexibility index (Phi) is 6.05. The lowest BCUT2D eigenvalue weighted by atomic mass is 10.1. The van der Waals surface area contributed by atoms with Crippen molar-refractivity contribution in [1.29, 1.82) is 5.26 Å². The van der Waals surface area contributed by atoms with Gasteiger partial charge >= 0.3 is 0 Å². The largest absolute Gasteiger partial charge is 0.396 e. The highest BCUT2D eigenvalue weighted by atomic mass is 35.5. The van der Waals surface area contributed by atoms with Gasteiger partial charge in [0.2, 0.25) is 0 Å². The molecule has 2 aromatic carbocycles. The molecule has 0 aliphatic heterocycles. The number of fused-ring (bicyclic) bond motifs is 3. The smallest absolute Gasteiger partial charge is 0.253 e. The van der Waals surface area contributed by atoms with Crippen molar-refractivity contribution in [3.8, 4) is 17.3 Å². The van der Waals surface area contributed by atoms with Gasteiger partial charge in [0, 0.05) is 24.8 Å². The maximum atomic E-state index is 12.5. The molecule has 1 amide bonds. The molecule has 3 N–H and O–H groups in total. The van der Waals surface area contributed by atoms with E-state index in [9.17, 15) is 10.1 Å². The van der Waals surface area contributed by atoms with E-state index in [1.807, 2.05) is 16.5 Å². The van der Waals surface area contributed by atoms with Crippen LogP contribution in [0.5, 0.6) is 0 Å². The van der Waals surface area contributed by atoms with Crippen LogP contribution in [0.2, 0.25) is 5.02 Å². The predicted octanol–water partition coefficient (Wildman–Crippen LogP) is 4.15. The summed E-state index contributed by atoms with van der Waals surface area (Å²) in [4.78, 5) is 21.8. The summed E-state index contributed by atoms with van der Waals surface area (Å²) in [6.45, 7) is 0.766. The van der Waals surface area contributed by atoms with Gasteiger partial charge in [-0.2, -0.15) is 5.26 Å². The molecule has 2 aromatic heterocycles. The highest BCUT2D eigenvalue weighted by molar-refractivity contribution is 6.34. The average Bonchev–Trinajstić information content (AvgIpc) is 3.54. The first-order valence-electron chi connectivity index (χ1n) is 11.3. The summed E-state index contributed by atoms with van der Waals surface area (Å²) in [5.74, 6) is 0.434. The number of nitriles is 1. The van der Waals surface area contributed by atoms with Crippen LogP contribution < -0.4 is 10.6 Å². The Morgan fingerprint density at radius 3 is 2.82 bits per heavy atom. The number of carbonyl (C=O) groups excluding carboxylic acids is 1. The molecule has 2 heterocycles. The second-order valence-electron chi connectivity index (χ2n) is 8.38. The highest BCUT2D eigenvalue weighted by Crippen LogP contribution is 2.31. The molecule has 0 radical (unpaired) electrons. The number of rotatable bonds is 8. The maximum Gasteiger partial charge on any atom is 0.253 e. The third-order valence-electron chi connectivity index (χ3n) is 5.85. The van der Waals surface area contributed by atoms with Crippen molar-refractivity contribution in [3.05, 3.63) is 58.7 Å². The summed E-state index contributed by atoms with van der Waals surface area (Å²) in [7, 11) is 0. The van der Waals surface area contributed by atoms with Crippen LogP contribution in [0.1, 0.15) is 41.6 Å². The number of aliphatic hydroxyl groups excluding tert-OH is 1. The monoisotopic (exact) mass is 474 g/mol. The van der Waals surface area contributed by atoms with E-state index in [4.69, 9.17) is 21.7 Å². The number of hydrogen-bond acceptors (Lipinski definition) is 6. The normalized spacial score (nSPS) is 13.2. The summed E-state index contributed by atoms with van der Waals surface area (Å²) in [5.41, 5.74) is 4.66. The Bertz CT molecular complexity index is 1440. The topological polar surface area (TPSA) is 115 Å². The van der Waals surface area contributed by atoms with E-state index in [0.717, 1.165) is 36.0 Å². The molecule has 4 aromatic rings. The zero-order valence-electron chi connectivity index (χ0n) is 18.4. The summed E-state index contributed by atoms with van der Waals surface area (Å²) in [6, 6.07) is 13.1. The van der Waals surface area contributed by atoms with Crippen LogP contribution in [0.3, 0.4) is 0 Å². The van der Waals surface area contributed by atoms with E-state index in [-0.39, 0.29) is 18.6 Å². The number of hydrogen-bond donors (Lipinski definition) is 3. The molecular formula is C25H23ClN6O2. The second kappa shape index (κ2) is 9.29. The molecule has 1 aliphatic rings. The van der Waals surface area contributed by atoms with Crippen LogP contribution in [-0.2, 0) is 0 Å². The third-order valence-corrected chi connectivity index (χ3v) is 6.16. The van der Waals surface area contributed by atoms with Crippen LogP contribution in [0.4, 0.5) is 5.82 Å². The van der Waals surface area contributed by atoms with Gasteiger partial charge in [0.05, 0.1) is 45.1 Å². The molecule has 5 rings (SSSR count). The van der Waals surface area contributed by atoms with Crippen LogP contribution in [0.15, 0.2) is 42.6 Å². The Labute approximate surface area is 201 Å². The fraction of sp³-hybridized carbons (Fsp3) is 0.280. The first kappa shape index (κ1) is 22.1. The minimum Gasteiger partial charge on any atom is -0.396 e. The minimum absolute atomic E-state index is 0.136. The number of halogens is 1. The van der Waals surface area contributed by atoms with Gasteiger partial charge in [-0.25, -0.2) is 9.97 Å². The van der Waals surface area contributed by atoms with Gasteiger partial charge in [0.15, 0.2) is 11.5 Å². The number of anilines is 1. The number of nitrogens with zero attached hydrogens (tertiary/aromatic N) is 4. The number of unbranched alkanes of at least 4 members (excludes halogenated alkanes) is 1. The van der Waals surface area contributed by atoms with Gasteiger partial charge in [0.1, 0.15) is 0 Å². The summed E-state index contributed by atoms with van der Waals surface area (Å²) < 4.78 is 1.98. The van der Waals surface area contributed by atoms with E-state index in [1.165, 1.54) is 0 Å². The standard InChI is InChI=1S/C25H23ClN6O2/c26-19-12-16(4-7-18(19)25(34)30-17-5-6-17)22-14-29-24-23(28-9-1-2-10-33)31-20-11-15(13-27)3-8-21(20)32(22)24/h3-4,7-8,11-12,14,17,33H,1-2,5-6,9-10H2,(H,28,31)(H,30,34). The van der Waals surface area contributed by atoms with E-state index >= 15 is 0 Å². The van der Waals surface area contributed by atoms with Gasteiger partial charge in [0.25, 0.3) is 5.91 Å². The molecule has 0 atom stereocenters. The van der Waals surface area contributed by atoms with Gasteiger partial charge in [-0.05, 0) is 56.0 Å². The fourth-order valence-corrected chi connectivity index (χ4v) is 4.19. The van der Waals surface area contributed by atoms with Crippen molar-refractivity contribution < 1.29 is 9.90 Å². The number of aromatic nitrogens is 3. The third kappa shape index (κ3) is 4.28. The lowest BCUT2D eigenvalue weighted by Crippen LogP contribution is -2.25. The molecule has 1 saturated carbocycles. The summed E-state index contributed by atoms with van der Waals surface area (Å²) in [6.07, 6.45) is 5.24. The maximum absolute atomic E-state index is 12.5. The molecular weight excluding hydrogens is 452 g/mol. The molecule has 0 bridgehead atoms. The van der Waals surface area contributed by atoms with Gasteiger partial charge < -0.3 is 15.7 Å². The van der Waals surface area contributed by atoms with Crippen LogP contribution in [0, 0.1) is 11.3 Å². The van der Waals surface area contributed by atoms with Crippen molar-refractivity contribution in [2.24, 2.45) is 0 Å². The van der Waals surface area contributed by atoms with Crippen LogP contribution >= 0.6 is 11.6 Å². The highest BCUT2D eigenvalue weighted by Gasteiger charge is 2.25. The number of nitrogens with one attached hydrogen (secondary N) is 2.